The third-order valence-electron chi connectivity index (χ3n) is 4.75. The fourth-order valence-corrected chi connectivity index (χ4v) is 4.59. The average Bonchev–Trinajstić information content (AvgIpc) is 2.88. The van der Waals surface area contributed by atoms with E-state index in [0.717, 1.165) is 11.1 Å². The van der Waals surface area contributed by atoms with Crippen LogP contribution in [0.3, 0.4) is 0 Å². The van der Waals surface area contributed by atoms with E-state index >= 15 is 0 Å². The Kier molecular flexibility index (Phi) is 5.98. The maximum absolute atomic E-state index is 12.8. The zero-order chi connectivity index (χ0) is 21.2. The first-order chi connectivity index (χ1) is 13.8. The Morgan fingerprint density at radius 2 is 1.66 bits per heavy atom. The van der Waals surface area contributed by atoms with Crippen LogP contribution in [0.15, 0.2) is 46.4 Å². The van der Waals surface area contributed by atoms with Crippen molar-refractivity contribution >= 4 is 26.5 Å². The van der Waals surface area contributed by atoms with Crippen molar-refractivity contribution in [2.75, 3.05) is 18.5 Å². The molecule has 0 bridgehead atoms. The van der Waals surface area contributed by atoms with Gasteiger partial charge in [0.1, 0.15) is 22.2 Å². The summed E-state index contributed by atoms with van der Waals surface area (Å²) in [6.45, 7) is 10.5. The molecule has 2 aromatic carbocycles. The summed E-state index contributed by atoms with van der Waals surface area (Å²) < 4.78 is 40.8. The number of hydrogen-bond acceptors (Lipinski definition) is 5. The van der Waals surface area contributed by atoms with Gasteiger partial charge in [0.25, 0.3) is 10.0 Å². The molecular formula is C22H26N2O4S. The van der Waals surface area contributed by atoms with Crippen molar-refractivity contribution in [1.29, 1.82) is 0 Å². The number of ether oxygens (including phenoxy) is 2. The number of amidine groups is 1. The van der Waals surface area contributed by atoms with Gasteiger partial charge in [-0.2, -0.15) is 8.42 Å². The Balaban J connectivity index is 2.03. The quantitative estimate of drug-likeness (QED) is 0.742. The van der Waals surface area contributed by atoms with Crippen molar-refractivity contribution in [1.82, 2.24) is 0 Å². The lowest BCUT2D eigenvalue weighted by molar-refractivity contribution is 0.332. The molecule has 7 heteroatoms. The standard InChI is InChI=1S/C22H26N2O4S/c1-6-27-18-10-11-20(28-7-2)19(13-18)23-22-16(5)21(29(25,26)24-22)17-9-8-14(3)15(4)12-17/h8-13H,6-7H2,1-5H3,(H,23,24). The van der Waals surface area contributed by atoms with Gasteiger partial charge in [-0.25, -0.2) is 0 Å². The second-order valence-electron chi connectivity index (χ2n) is 6.82. The smallest absolute Gasteiger partial charge is 0.285 e. The molecular weight excluding hydrogens is 388 g/mol. The predicted octanol–water partition coefficient (Wildman–Crippen LogP) is 4.69. The van der Waals surface area contributed by atoms with Crippen LogP contribution in [0.4, 0.5) is 5.69 Å². The van der Waals surface area contributed by atoms with Gasteiger partial charge < -0.3 is 14.8 Å². The fraction of sp³-hybridized carbons (Fsp3) is 0.318. The van der Waals surface area contributed by atoms with Crippen LogP contribution in [-0.4, -0.2) is 27.5 Å². The second-order valence-corrected chi connectivity index (χ2v) is 8.36. The number of sulfonamides is 1. The van der Waals surface area contributed by atoms with Crippen molar-refractivity contribution in [3.63, 3.8) is 0 Å². The monoisotopic (exact) mass is 414 g/mol. The largest absolute Gasteiger partial charge is 0.494 e. The minimum Gasteiger partial charge on any atom is -0.494 e. The molecule has 0 saturated carbocycles. The van der Waals surface area contributed by atoms with Crippen molar-refractivity contribution in [2.45, 2.75) is 34.6 Å². The van der Waals surface area contributed by atoms with Gasteiger partial charge in [-0.1, -0.05) is 18.2 Å². The van der Waals surface area contributed by atoms with Gasteiger partial charge in [0.15, 0.2) is 0 Å². The number of rotatable bonds is 6. The maximum Gasteiger partial charge on any atom is 0.285 e. The Morgan fingerprint density at radius 1 is 0.931 bits per heavy atom. The molecule has 29 heavy (non-hydrogen) atoms. The van der Waals surface area contributed by atoms with Crippen LogP contribution in [0.25, 0.3) is 4.91 Å². The highest BCUT2D eigenvalue weighted by Gasteiger charge is 2.31. The first-order valence-corrected chi connectivity index (χ1v) is 11.0. The molecule has 1 aliphatic rings. The summed E-state index contributed by atoms with van der Waals surface area (Å²) in [4.78, 5) is 0.224. The van der Waals surface area contributed by atoms with Gasteiger partial charge in [0.05, 0.1) is 18.9 Å². The SMILES string of the molecule is CCOc1ccc(OCC)c(NC2=NS(=O)(=O)C(c3ccc(C)c(C)c3)=C2C)c1. The molecule has 0 saturated heterocycles. The summed E-state index contributed by atoms with van der Waals surface area (Å²) >= 11 is 0. The van der Waals surface area contributed by atoms with Crippen molar-refractivity contribution < 1.29 is 17.9 Å². The third kappa shape index (κ3) is 4.29. The Hall–Kier alpha value is -2.80. The van der Waals surface area contributed by atoms with E-state index in [-0.39, 0.29) is 10.7 Å². The molecule has 1 heterocycles. The first-order valence-electron chi connectivity index (χ1n) is 9.57. The van der Waals surface area contributed by atoms with E-state index in [1.165, 1.54) is 0 Å². The van der Waals surface area contributed by atoms with Gasteiger partial charge >= 0.3 is 0 Å². The number of hydrogen-bond donors (Lipinski definition) is 1. The molecule has 154 valence electrons. The zero-order valence-corrected chi connectivity index (χ0v) is 18.2. The summed E-state index contributed by atoms with van der Waals surface area (Å²) in [6, 6.07) is 11.0. The Labute approximate surface area is 172 Å². The zero-order valence-electron chi connectivity index (χ0n) is 17.4. The van der Waals surface area contributed by atoms with E-state index in [1.54, 1.807) is 19.1 Å². The van der Waals surface area contributed by atoms with Gasteiger partial charge in [0.2, 0.25) is 0 Å². The highest BCUT2D eigenvalue weighted by atomic mass is 32.2. The number of nitrogens with one attached hydrogen (secondary N) is 1. The second kappa shape index (κ2) is 8.29. The van der Waals surface area contributed by atoms with Gasteiger partial charge in [-0.05, 0) is 63.4 Å². The van der Waals surface area contributed by atoms with Gasteiger partial charge in [-0.3, -0.25) is 0 Å². The molecule has 6 nitrogen and oxygen atoms in total. The molecule has 0 fully saturated rings. The van der Waals surface area contributed by atoms with Crippen molar-refractivity contribution in [3.8, 4) is 11.5 Å². The first kappa shape index (κ1) is 20.9. The normalized spacial score (nSPS) is 15.3. The van der Waals surface area contributed by atoms with E-state index < -0.39 is 10.0 Å². The Bertz CT molecular complexity index is 1100. The van der Waals surface area contributed by atoms with Crippen LogP contribution in [-0.2, 0) is 10.0 Å². The summed E-state index contributed by atoms with van der Waals surface area (Å²) in [6.07, 6.45) is 0. The summed E-state index contributed by atoms with van der Waals surface area (Å²) in [7, 11) is -3.80. The predicted molar refractivity (Wildman–Crippen MR) is 117 cm³/mol. The van der Waals surface area contributed by atoms with Gasteiger partial charge in [-0.15, -0.1) is 4.40 Å². The van der Waals surface area contributed by atoms with Crippen LogP contribution in [0.1, 0.15) is 37.5 Å². The van der Waals surface area contributed by atoms with Crippen molar-refractivity contribution in [3.05, 3.63) is 58.7 Å². The average molecular weight is 415 g/mol. The van der Waals surface area contributed by atoms with E-state index in [4.69, 9.17) is 9.47 Å². The highest BCUT2D eigenvalue weighted by molar-refractivity contribution is 8.00. The lowest BCUT2D eigenvalue weighted by Crippen LogP contribution is -2.13. The molecule has 2 aromatic rings. The van der Waals surface area contributed by atoms with Crippen LogP contribution >= 0.6 is 0 Å². The summed E-state index contributed by atoms with van der Waals surface area (Å²) in [5, 5.41) is 3.13. The summed E-state index contributed by atoms with van der Waals surface area (Å²) in [5.41, 5.74) is 3.95. The van der Waals surface area contributed by atoms with E-state index in [2.05, 4.69) is 9.71 Å². The molecule has 0 aromatic heterocycles. The number of benzene rings is 2. The van der Waals surface area contributed by atoms with Crippen molar-refractivity contribution in [2.24, 2.45) is 4.40 Å². The molecule has 0 spiro atoms. The molecule has 1 N–H and O–H groups in total. The molecule has 0 amide bonds. The molecule has 0 unspecified atom stereocenters. The van der Waals surface area contributed by atoms with Crippen LogP contribution in [0, 0.1) is 13.8 Å². The fourth-order valence-electron chi connectivity index (χ4n) is 3.17. The molecule has 0 aliphatic carbocycles. The minimum absolute atomic E-state index is 0.224. The van der Waals surface area contributed by atoms with E-state index in [9.17, 15) is 8.42 Å². The summed E-state index contributed by atoms with van der Waals surface area (Å²) in [5.74, 6) is 1.55. The molecule has 0 radical (unpaired) electrons. The van der Waals surface area contributed by atoms with Gasteiger partial charge in [0, 0.05) is 11.6 Å². The van der Waals surface area contributed by atoms with Crippen LogP contribution < -0.4 is 14.8 Å². The third-order valence-corrected chi connectivity index (χ3v) is 6.23. The van der Waals surface area contributed by atoms with E-state index in [1.807, 2.05) is 52.0 Å². The molecule has 0 atom stereocenters. The van der Waals surface area contributed by atoms with Crippen LogP contribution in [0.5, 0.6) is 11.5 Å². The lowest BCUT2D eigenvalue weighted by atomic mass is 10.0. The number of aryl methyl sites for hydroxylation is 2. The molecule has 1 aliphatic heterocycles. The maximum atomic E-state index is 12.8. The van der Waals surface area contributed by atoms with E-state index in [0.29, 0.717) is 41.5 Å². The minimum atomic E-state index is -3.80. The number of anilines is 1. The topological polar surface area (TPSA) is 77.0 Å². The molecule has 3 rings (SSSR count). The lowest BCUT2D eigenvalue weighted by Gasteiger charge is -2.14. The highest BCUT2D eigenvalue weighted by Crippen LogP contribution is 2.36. The Morgan fingerprint density at radius 3 is 2.31 bits per heavy atom. The van der Waals surface area contributed by atoms with Crippen LogP contribution in [0.2, 0.25) is 0 Å². The number of nitrogens with zero attached hydrogens (tertiary/aromatic N) is 1.